The van der Waals surface area contributed by atoms with Crippen molar-refractivity contribution in [2.45, 2.75) is 49.7 Å². The standard InChI is InChI=1S/C19H16FN5O3/c20-11-1-2-14(22-9-11)15-3-4-17-25(15)18(26)19(28-17)6-13(7-19)27-16-5-12(8-21)23-10-24-16/h1-2,5,9-10,13,15,17H,3-4,6-7H2/t13?,15-,17+,19?/m0/s1. The van der Waals surface area contributed by atoms with E-state index in [9.17, 15) is 9.18 Å². The van der Waals surface area contributed by atoms with Gasteiger partial charge in [-0.3, -0.25) is 9.78 Å². The first-order chi connectivity index (χ1) is 13.6. The Labute approximate surface area is 159 Å². The van der Waals surface area contributed by atoms with Gasteiger partial charge in [0.2, 0.25) is 5.88 Å². The van der Waals surface area contributed by atoms with Crippen LogP contribution in [-0.2, 0) is 9.53 Å². The molecule has 4 heterocycles. The van der Waals surface area contributed by atoms with Crippen molar-refractivity contribution in [2.75, 3.05) is 0 Å². The van der Waals surface area contributed by atoms with Crippen molar-refractivity contribution in [3.05, 3.63) is 47.9 Å². The SMILES string of the molecule is N#Cc1cc(OC2CC3(C2)O[C@@H]2CC[C@@H](c4ccc(F)cn4)N2C3=O)ncn1. The van der Waals surface area contributed by atoms with Crippen LogP contribution in [0.1, 0.15) is 43.1 Å². The van der Waals surface area contributed by atoms with Crippen LogP contribution < -0.4 is 4.74 Å². The minimum Gasteiger partial charge on any atom is -0.474 e. The number of carbonyl (C=O) groups excluding carboxylic acids is 1. The Morgan fingerprint density at radius 1 is 1.29 bits per heavy atom. The highest BCUT2D eigenvalue weighted by Crippen LogP contribution is 2.51. The predicted molar refractivity (Wildman–Crippen MR) is 91.0 cm³/mol. The summed E-state index contributed by atoms with van der Waals surface area (Å²) in [4.78, 5) is 26.8. The average Bonchev–Trinajstić information content (AvgIpc) is 3.21. The largest absolute Gasteiger partial charge is 0.474 e. The van der Waals surface area contributed by atoms with Crippen LogP contribution in [0.15, 0.2) is 30.7 Å². The zero-order valence-electron chi connectivity index (χ0n) is 14.8. The number of hydrogen-bond acceptors (Lipinski definition) is 7. The van der Waals surface area contributed by atoms with Crippen LogP contribution in [0.25, 0.3) is 0 Å². The molecule has 142 valence electrons. The third-order valence-electron chi connectivity index (χ3n) is 5.57. The van der Waals surface area contributed by atoms with Crippen molar-refractivity contribution in [2.24, 2.45) is 0 Å². The van der Waals surface area contributed by atoms with Crippen LogP contribution in [0.5, 0.6) is 5.88 Å². The minimum atomic E-state index is -0.876. The molecule has 9 heteroatoms. The first-order valence-corrected chi connectivity index (χ1v) is 9.09. The van der Waals surface area contributed by atoms with E-state index in [1.807, 2.05) is 6.07 Å². The molecule has 1 saturated carbocycles. The van der Waals surface area contributed by atoms with Gasteiger partial charge < -0.3 is 14.4 Å². The second-order valence-corrected chi connectivity index (χ2v) is 7.28. The number of amides is 1. The van der Waals surface area contributed by atoms with Crippen molar-refractivity contribution < 1.29 is 18.7 Å². The number of rotatable bonds is 3. The van der Waals surface area contributed by atoms with E-state index in [2.05, 4.69) is 15.0 Å². The van der Waals surface area contributed by atoms with Gasteiger partial charge in [0.1, 0.15) is 36.2 Å². The molecule has 0 N–H and O–H groups in total. The van der Waals surface area contributed by atoms with Gasteiger partial charge in [-0.05, 0) is 25.0 Å². The number of hydrogen-bond donors (Lipinski definition) is 0. The third kappa shape index (κ3) is 2.60. The molecular formula is C19H16FN5O3. The fourth-order valence-electron chi connectivity index (χ4n) is 4.25. The van der Waals surface area contributed by atoms with E-state index in [0.29, 0.717) is 24.4 Å². The summed E-state index contributed by atoms with van der Waals surface area (Å²) in [6.45, 7) is 0. The average molecular weight is 381 g/mol. The van der Waals surface area contributed by atoms with Gasteiger partial charge in [0.15, 0.2) is 5.60 Å². The lowest BCUT2D eigenvalue weighted by Crippen LogP contribution is -2.56. The topological polar surface area (TPSA) is 101 Å². The highest BCUT2D eigenvalue weighted by molar-refractivity contribution is 5.89. The van der Waals surface area contributed by atoms with Gasteiger partial charge in [-0.2, -0.15) is 5.26 Å². The smallest absolute Gasteiger partial charge is 0.257 e. The minimum absolute atomic E-state index is 0.0635. The fourth-order valence-corrected chi connectivity index (χ4v) is 4.25. The molecule has 1 spiro atoms. The summed E-state index contributed by atoms with van der Waals surface area (Å²) in [5.41, 5.74) is 0.0246. The maximum absolute atomic E-state index is 13.2. The molecular weight excluding hydrogens is 365 g/mol. The number of aromatic nitrogens is 3. The van der Waals surface area contributed by atoms with Gasteiger partial charge in [0, 0.05) is 18.9 Å². The maximum Gasteiger partial charge on any atom is 0.257 e. The van der Waals surface area contributed by atoms with Crippen LogP contribution in [0.4, 0.5) is 4.39 Å². The third-order valence-corrected chi connectivity index (χ3v) is 5.57. The second-order valence-electron chi connectivity index (χ2n) is 7.28. The lowest BCUT2D eigenvalue weighted by atomic mass is 9.76. The molecule has 3 fully saturated rings. The predicted octanol–water partition coefficient (Wildman–Crippen LogP) is 1.88. The van der Waals surface area contributed by atoms with E-state index in [4.69, 9.17) is 14.7 Å². The Hall–Kier alpha value is -3.12. The van der Waals surface area contributed by atoms with Crippen LogP contribution >= 0.6 is 0 Å². The molecule has 2 aromatic rings. The zero-order valence-corrected chi connectivity index (χ0v) is 14.8. The van der Waals surface area contributed by atoms with E-state index in [1.54, 1.807) is 11.0 Å². The summed E-state index contributed by atoms with van der Waals surface area (Å²) in [5, 5.41) is 8.90. The quantitative estimate of drug-likeness (QED) is 0.800. The maximum atomic E-state index is 13.2. The van der Waals surface area contributed by atoms with E-state index in [0.717, 1.165) is 12.8 Å². The molecule has 2 atom stereocenters. The molecule has 2 saturated heterocycles. The second kappa shape index (κ2) is 6.21. The Kier molecular flexibility index (Phi) is 3.77. The van der Waals surface area contributed by atoms with Gasteiger partial charge >= 0.3 is 0 Å². The molecule has 8 nitrogen and oxygen atoms in total. The van der Waals surface area contributed by atoms with Crippen LogP contribution in [0.3, 0.4) is 0 Å². The Bertz CT molecular complexity index is 970. The van der Waals surface area contributed by atoms with Crippen molar-refractivity contribution in [3.8, 4) is 11.9 Å². The Morgan fingerprint density at radius 2 is 2.14 bits per heavy atom. The number of fused-ring (bicyclic) bond motifs is 1. The van der Waals surface area contributed by atoms with Crippen molar-refractivity contribution in [1.29, 1.82) is 5.26 Å². The summed E-state index contributed by atoms with van der Waals surface area (Å²) in [7, 11) is 0. The number of pyridine rings is 1. The van der Waals surface area contributed by atoms with E-state index in [1.165, 1.54) is 24.7 Å². The molecule has 0 unspecified atom stereocenters. The number of nitriles is 1. The van der Waals surface area contributed by atoms with E-state index >= 15 is 0 Å². The van der Waals surface area contributed by atoms with E-state index in [-0.39, 0.29) is 30.0 Å². The van der Waals surface area contributed by atoms with Gasteiger partial charge in [-0.1, -0.05) is 0 Å². The molecule has 1 amide bonds. The fraction of sp³-hybridized carbons (Fsp3) is 0.421. The van der Waals surface area contributed by atoms with Crippen molar-refractivity contribution >= 4 is 5.91 Å². The molecule has 1 aliphatic carbocycles. The molecule has 0 aromatic carbocycles. The Balaban J connectivity index is 1.28. The lowest BCUT2D eigenvalue weighted by molar-refractivity contribution is -0.162. The first-order valence-electron chi connectivity index (χ1n) is 9.09. The van der Waals surface area contributed by atoms with Crippen LogP contribution in [0.2, 0.25) is 0 Å². The monoisotopic (exact) mass is 381 g/mol. The normalized spacial score (nSPS) is 30.8. The molecule has 0 radical (unpaired) electrons. The molecule has 0 bridgehead atoms. The van der Waals surface area contributed by atoms with Crippen molar-refractivity contribution in [3.63, 3.8) is 0 Å². The van der Waals surface area contributed by atoms with Gasteiger partial charge in [-0.25, -0.2) is 14.4 Å². The van der Waals surface area contributed by atoms with Gasteiger partial charge in [0.05, 0.1) is 17.9 Å². The Morgan fingerprint density at radius 3 is 2.89 bits per heavy atom. The summed E-state index contributed by atoms with van der Waals surface area (Å²) in [6, 6.07) is 6.19. The number of nitrogens with zero attached hydrogens (tertiary/aromatic N) is 5. The van der Waals surface area contributed by atoms with Crippen LogP contribution in [0, 0.1) is 17.1 Å². The molecule has 5 rings (SSSR count). The van der Waals surface area contributed by atoms with Gasteiger partial charge in [0.25, 0.3) is 5.91 Å². The molecule has 3 aliphatic rings. The highest BCUT2D eigenvalue weighted by atomic mass is 19.1. The highest BCUT2D eigenvalue weighted by Gasteiger charge is 2.63. The lowest BCUT2D eigenvalue weighted by Gasteiger charge is -2.41. The van der Waals surface area contributed by atoms with Crippen LogP contribution in [-0.4, -0.2) is 43.7 Å². The van der Waals surface area contributed by atoms with Crippen molar-refractivity contribution in [1.82, 2.24) is 19.9 Å². The molecule has 28 heavy (non-hydrogen) atoms. The van der Waals surface area contributed by atoms with E-state index < -0.39 is 11.4 Å². The summed E-state index contributed by atoms with van der Waals surface area (Å²) < 4.78 is 25.1. The summed E-state index contributed by atoms with van der Waals surface area (Å²) >= 11 is 0. The zero-order chi connectivity index (χ0) is 19.3. The first kappa shape index (κ1) is 17.0. The van der Waals surface area contributed by atoms with Gasteiger partial charge in [-0.15, -0.1) is 0 Å². The summed E-state index contributed by atoms with van der Waals surface area (Å²) in [5.74, 6) is -0.154. The number of halogens is 1. The number of carbonyl (C=O) groups is 1. The molecule has 2 aliphatic heterocycles. The summed E-state index contributed by atoms with van der Waals surface area (Å²) in [6.07, 6.45) is 4.26. The molecule has 2 aromatic heterocycles. The number of ether oxygens (including phenoxy) is 2.